The lowest BCUT2D eigenvalue weighted by molar-refractivity contribution is 0.0598. The lowest BCUT2D eigenvalue weighted by Gasteiger charge is -2.36. The van der Waals surface area contributed by atoms with Crippen molar-refractivity contribution in [3.63, 3.8) is 0 Å². The Hall–Kier alpha value is -1.23. The summed E-state index contributed by atoms with van der Waals surface area (Å²) in [7, 11) is 0. The minimum absolute atomic E-state index is 0.131. The number of rotatable bonds is 4. The van der Waals surface area contributed by atoms with Crippen LogP contribution in [0.15, 0.2) is 22.9 Å². The zero-order valence-electron chi connectivity index (χ0n) is 11.5. The molecular weight excluding hydrogens is 320 g/mol. The maximum Gasteiger partial charge on any atom is 0.256 e. The summed E-state index contributed by atoms with van der Waals surface area (Å²) in [4.78, 5) is 29.4. The van der Waals surface area contributed by atoms with Crippen LogP contribution >= 0.6 is 15.9 Å². The Balaban J connectivity index is 2.25. The fourth-order valence-corrected chi connectivity index (χ4v) is 3.12. The van der Waals surface area contributed by atoms with Crippen LogP contribution in [0.25, 0.3) is 0 Å². The first-order valence-corrected chi connectivity index (χ1v) is 7.73. The predicted molar refractivity (Wildman–Crippen MR) is 80.1 cm³/mol. The first-order chi connectivity index (χ1) is 9.63. The van der Waals surface area contributed by atoms with Gasteiger partial charge in [0.1, 0.15) is 0 Å². The van der Waals surface area contributed by atoms with Gasteiger partial charge in [-0.15, -0.1) is 0 Å². The Morgan fingerprint density at radius 3 is 2.70 bits per heavy atom. The number of nitrogens with zero attached hydrogens (tertiary/aromatic N) is 2. The molecule has 1 unspecified atom stereocenters. The lowest BCUT2D eigenvalue weighted by atomic mass is 9.93. The van der Waals surface area contributed by atoms with Crippen LogP contribution in [0.2, 0.25) is 0 Å². The van der Waals surface area contributed by atoms with Crippen molar-refractivity contribution in [1.82, 2.24) is 9.88 Å². The van der Waals surface area contributed by atoms with Crippen molar-refractivity contribution in [2.75, 3.05) is 0 Å². The third kappa shape index (κ3) is 3.45. The van der Waals surface area contributed by atoms with Crippen molar-refractivity contribution in [1.29, 1.82) is 0 Å². The van der Waals surface area contributed by atoms with Crippen LogP contribution in [-0.4, -0.2) is 34.2 Å². The number of carbonyl (C=O) groups excluding carboxylic acids is 2. The first kappa shape index (κ1) is 15.2. The van der Waals surface area contributed by atoms with E-state index in [1.807, 2.05) is 6.29 Å². The summed E-state index contributed by atoms with van der Waals surface area (Å²) in [5, 5.41) is 0. The summed E-state index contributed by atoms with van der Waals surface area (Å²) in [6.07, 6.45) is 10.5. The maximum absolute atomic E-state index is 12.7. The fraction of sp³-hybridized carbons (Fsp3) is 0.533. The second-order valence-electron chi connectivity index (χ2n) is 5.19. The van der Waals surface area contributed by atoms with Gasteiger partial charge in [0.05, 0.1) is 11.6 Å². The average Bonchev–Trinajstić information content (AvgIpc) is 2.48. The van der Waals surface area contributed by atoms with Crippen LogP contribution in [-0.2, 0) is 4.79 Å². The summed E-state index contributed by atoms with van der Waals surface area (Å²) in [6, 6.07) is 1.35. The van der Waals surface area contributed by atoms with E-state index in [9.17, 15) is 9.59 Å². The minimum Gasteiger partial charge on any atom is -0.325 e. The molecule has 1 fully saturated rings. The van der Waals surface area contributed by atoms with Crippen molar-refractivity contribution in [2.24, 2.45) is 0 Å². The minimum atomic E-state index is -0.524. The molecule has 2 rings (SSSR count). The number of hydrogen-bond donors (Lipinski definition) is 0. The van der Waals surface area contributed by atoms with Gasteiger partial charge >= 0.3 is 0 Å². The van der Waals surface area contributed by atoms with Crippen molar-refractivity contribution in [3.05, 3.63) is 28.5 Å². The van der Waals surface area contributed by atoms with E-state index in [1.54, 1.807) is 30.3 Å². The molecule has 0 aromatic carbocycles. The first-order valence-electron chi connectivity index (χ1n) is 6.94. The van der Waals surface area contributed by atoms with E-state index in [0.717, 1.165) is 30.2 Å². The molecule has 1 aromatic heterocycles. The monoisotopic (exact) mass is 337 g/mol. The van der Waals surface area contributed by atoms with Crippen LogP contribution in [0.3, 0.4) is 0 Å². The van der Waals surface area contributed by atoms with Gasteiger partial charge in [0, 0.05) is 22.9 Å². The highest BCUT2D eigenvalue weighted by molar-refractivity contribution is 9.10. The van der Waals surface area contributed by atoms with E-state index in [4.69, 9.17) is 0 Å². The molecule has 0 saturated heterocycles. The Labute approximate surface area is 127 Å². The molecule has 5 heteroatoms. The molecule has 1 saturated carbocycles. The largest absolute Gasteiger partial charge is 0.325 e. The third-order valence-electron chi connectivity index (χ3n) is 3.74. The normalized spacial score (nSPS) is 17.5. The smallest absolute Gasteiger partial charge is 0.256 e. The van der Waals surface area contributed by atoms with Crippen molar-refractivity contribution in [2.45, 2.75) is 51.1 Å². The molecule has 1 aromatic rings. The predicted octanol–water partition coefficient (Wildman–Crippen LogP) is 3.12. The van der Waals surface area contributed by atoms with Gasteiger partial charge in [0.2, 0.25) is 6.29 Å². The molecule has 1 amide bonds. The molecule has 107 valence electrons. The number of halogens is 1. The van der Waals surface area contributed by atoms with Gasteiger partial charge in [-0.25, -0.2) is 0 Å². The van der Waals surface area contributed by atoms with Crippen LogP contribution in [0.1, 0.15) is 49.4 Å². The standard InChI is InChI=1S/C15H18BrN2O2/c1-11(10-19)18(14-5-3-2-4-6-14)15(20)12-7-13(16)9-17-8-12/h7-9,11,14H,2-6H2,1H3. The van der Waals surface area contributed by atoms with Gasteiger partial charge in [0.25, 0.3) is 5.91 Å². The molecule has 4 nitrogen and oxygen atoms in total. The summed E-state index contributed by atoms with van der Waals surface area (Å²) in [5.74, 6) is -0.137. The molecule has 0 spiro atoms. The van der Waals surface area contributed by atoms with E-state index in [0.29, 0.717) is 5.56 Å². The number of aromatic nitrogens is 1. The maximum atomic E-state index is 12.7. The number of pyridine rings is 1. The van der Waals surface area contributed by atoms with Gasteiger partial charge in [-0.2, -0.15) is 0 Å². The molecule has 1 radical (unpaired) electrons. The van der Waals surface area contributed by atoms with E-state index in [-0.39, 0.29) is 11.9 Å². The molecule has 20 heavy (non-hydrogen) atoms. The van der Waals surface area contributed by atoms with Crippen molar-refractivity contribution in [3.8, 4) is 0 Å². The van der Waals surface area contributed by atoms with Gasteiger partial charge in [0.15, 0.2) is 0 Å². The molecule has 1 aliphatic carbocycles. The highest BCUT2D eigenvalue weighted by atomic mass is 79.9. The Bertz CT molecular complexity index is 487. The van der Waals surface area contributed by atoms with E-state index in [1.165, 1.54) is 6.42 Å². The summed E-state index contributed by atoms with van der Waals surface area (Å²) < 4.78 is 0.759. The molecule has 0 aliphatic heterocycles. The average molecular weight is 338 g/mol. The van der Waals surface area contributed by atoms with Gasteiger partial charge in [-0.1, -0.05) is 19.3 Å². The zero-order chi connectivity index (χ0) is 14.5. The number of amides is 1. The van der Waals surface area contributed by atoms with Crippen LogP contribution in [0.4, 0.5) is 0 Å². The molecule has 1 atom stereocenters. The molecule has 1 heterocycles. The number of carbonyl (C=O) groups is 1. The highest BCUT2D eigenvalue weighted by Gasteiger charge is 2.30. The van der Waals surface area contributed by atoms with Gasteiger partial charge in [-0.05, 0) is 41.8 Å². The SMILES string of the molecule is CC([C]=O)N(C(=O)c1cncc(Br)c1)C1CCCCC1. The second kappa shape index (κ2) is 6.97. The van der Waals surface area contributed by atoms with Crippen molar-refractivity contribution >= 4 is 28.1 Å². The Morgan fingerprint density at radius 2 is 2.10 bits per heavy atom. The quantitative estimate of drug-likeness (QED) is 0.848. The van der Waals surface area contributed by atoms with Gasteiger partial charge in [-0.3, -0.25) is 14.6 Å². The fourth-order valence-electron chi connectivity index (χ4n) is 2.75. The van der Waals surface area contributed by atoms with E-state index >= 15 is 0 Å². The molecule has 0 N–H and O–H groups in total. The van der Waals surface area contributed by atoms with Crippen LogP contribution in [0, 0.1) is 0 Å². The molecule has 0 bridgehead atoms. The summed E-state index contributed by atoms with van der Waals surface area (Å²) >= 11 is 3.32. The van der Waals surface area contributed by atoms with Crippen LogP contribution < -0.4 is 0 Å². The third-order valence-corrected chi connectivity index (χ3v) is 4.18. The topological polar surface area (TPSA) is 50.3 Å². The van der Waals surface area contributed by atoms with Crippen molar-refractivity contribution < 1.29 is 9.59 Å². The highest BCUT2D eigenvalue weighted by Crippen LogP contribution is 2.25. The van der Waals surface area contributed by atoms with Crippen LogP contribution in [0.5, 0.6) is 0 Å². The summed E-state index contributed by atoms with van der Waals surface area (Å²) in [6.45, 7) is 1.73. The summed E-state index contributed by atoms with van der Waals surface area (Å²) in [5.41, 5.74) is 0.507. The second-order valence-corrected chi connectivity index (χ2v) is 6.11. The van der Waals surface area contributed by atoms with Gasteiger partial charge < -0.3 is 4.90 Å². The number of hydrogen-bond acceptors (Lipinski definition) is 3. The van der Waals surface area contributed by atoms with E-state index < -0.39 is 6.04 Å². The lowest BCUT2D eigenvalue weighted by Crippen LogP contribution is -2.47. The molecule has 1 aliphatic rings. The van der Waals surface area contributed by atoms with E-state index in [2.05, 4.69) is 20.9 Å². The zero-order valence-corrected chi connectivity index (χ0v) is 13.1. The Kier molecular flexibility index (Phi) is 5.29. The molecular formula is C15H18BrN2O2. The Morgan fingerprint density at radius 1 is 1.40 bits per heavy atom.